The van der Waals surface area contributed by atoms with E-state index < -0.39 is 17.2 Å². The zero-order valence-electron chi connectivity index (χ0n) is 16.4. The zero-order valence-corrected chi connectivity index (χ0v) is 16.4. The molecule has 0 amide bonds. The largest absolute Gasteiger partial charge is 0.319 e. The van der Waals surface area contributed by atoms with E-state index >= 15 is 0 Å². The van der Waals surface area contributed by atoms with Gasteiger partial charge in [-0.3, -0.25) is 4.79 Å². The lowest BCUT2D eigenvalue weighted by Crippen LogP contribution is -2.13. The maximum absolute atomic E-state index is 14.3. The Morgan fingerprint density at radius 1 is 1.13 bits per heavy atom. The van der Waals surface area contributed by atoms with Gasteiger partial charge in [0.25, 0.3) is 0 Å². The van der Waals surface area contributed by atoms with Crippen LogP contribution in [0.4, 0.5) is 8.78 Å². The van der Waals surface area contributed by atoms with Crippen molar-refractivity contribution in [2.75, 3.05) is 0 Å². The third-order valence-corrected chi connectivity index (χ3v) is 6.04. The van der Waals surface area contributed by atoms with Gasteiger partial charge < -0.3 is 9.55 Å². The van der Waals surface area contributed by atoms with Gasteiger partial charge in [0.2, 0.25) is 5.56 Å². The number of H-pyrrole nitrogens is 1. The second-order valence-corrected chi connectivity index (χ2v) is 7.95. The van der Waals surface area contributed by atoms with Crippen LogP contribution in [-0.2, 0) is 13.0 Å². The van der Waals surface area contributed by atoms with Gasteiger partial charge in [0, 0.05) is 30.3 Å². The number of imidazole rings is 1. The lowest BCUT2D eigenvalue weighted by molar-refractivity contribution is 0.491. The molecule has 30 heavy (non-hydrogen) atoms. The Bertz CT molecular complexity index is 1290. The number of benzene rings is 1. The third kappa shape index (κ3) is 3.36. The molecule has 0 spiro atoms. The first-order chi connectivity index (χ1) is 14.6. The summed E-state index contributed by atoms with van der Waals surface area (Å²) in [6.45, 7) is 0.278. The average Bonchev–Trinajstić information content (AvgIpc) is 3.38. The van der Waals surface area contributed by atoms with Crippen molar-refractivity contribution in [1.82, 2.24) is 24.5 Å². The Kier molecular flexibility index (Phi) is 4.77. The number of halogens is 2. The van der Waals surface area contributed by atoms with E-state index in [2.05, 4.69) is 19.9 Å². The predicted molar refractivity (Wildman–Crippen MR) is 109 cm³/mol. The van der Waals surface area contributed by atoms with E-state index in [0.717, 1.165) is 24.7 Å². The molecule has 3 heterocycles. The van der Waals surface area contributed by atoms with Gasteiger partial charge in [-0.1, -0.05) is 25.7 Å². The molecule has 1 aliphatic carbocycles. The molecular weight excluding hydrogens is 388 g/mol. The maximum atomic E-state index is 14.3. The number of aromatic amines is 1. The van der Waals surface area contributed by atoms with Crippen LogP contribution >= 0.6 is 0 Å². The first-order valence-corrected chi connectivity index (χ1v) is 10.3. The second-order valence-electron chi connectivity index (χ2n) is 7.95. The lowest BCUT2D eigenvalue weighted by Gasteiger charge is -2.13. The van der Waals surface area contributed by atoms with E-state index in [1.54, 1.807) is 12.4 Å². The summed E-state index contributed by atoms with van der Waals surface area (Å²) in [6, 6.07) is 3.98. The molecule has 1 saturated carbocycles. The molecule has 1 N–H and O–H groups in total. The van der Waals surface area contributed by atoms with Gasteiger partial charge in [-0.2, -0.15) is 0 Å². The minimum absolute atomic E-state index is 0.125. The normalized spacial score (nSPS) is 14.9. The Hall–Kier alpha value is -3.16. The summed E-state index contributed by atoms with van der Waals surface area (Å²) >= 11 is 0. The van der Waals surface area contributed by atoms with Crippen molar-refractivity contribution in [3.63, 3.8) is 0 Å². The van der Waals surface area contributed by atoms with Crippen LogP contribution in [0.2, 0.25) is 0 Å². The SMILES string of the molecule is O=c1cc(Cn2c(CCC3CCCC3)nc3nccnc32)c2ccc(F)c(F)c2[nH]1. The summed E-state index contributed by atoms with van der Waals surface area (Å²) < 4.78 is 29.9. The van der Waals surface area contributed by atoms with E-state index in [9.17, 15) is 13.6 Å². The summed E-state index contributed by atoms with van der Waals surface area (Å²) in [6.07, 6.45) is 10.1. The first kappa shape index (κ1) is 18.8. The molecule has 8 heteroatoms. The Labute approximate surface area is 171 Å². The smallest absolute Gasteiger partial charge is 0.248 e. The van der Waals surface area contributed by atoms with Crippen LogP contribution in [0.3, 0.4) is 0 Å². The van der Waals surface area contributed by atoms with Crippen molar-refractivity contribution in [3.8, 4) is 0 Å². The van der Waals surface area contributed by atoms with Crippen molar-refractivity contribution in [1.29, 1.82) is 0 Å². The van der Waals surface area contributed by atoms with E-state index in [-0.39, 0.29) is 12.1 Å². The van der Waals surface area contributed by atoms with Gasteiger partial charge in [0.1, 0.15) is 5.82 Å². The number of fused-ring (bicyclic) bond motifs is 2. The van der Waals surface area contributed by atoms with Crippen LogP contribution in [0, 0.1) is 17.6 Å². The number of hydrogen-bond donors (Lipinski definition) is 1. The lowest BCUT2D eigenvalue weighted by atomic mass is 10.0. The molecular formula is C22H21F2N5O. The number of aryl methyl sites for hydroxylation is 1. The molecule has 1 fully saturated rings. The molecule has 1 aliphatic rings. The second kappa shape index (κ2) is 7.59. The minimum Gasteiger partial charge on any atom is -0.319 e. The summed E-state index contributed by atoms with van der Waals surface area (Å²) in [5.41, 5.74) is 1.14. The van der Waals surface area contributed by atoms with Crippen LogP contribution in [0.1, 0.15) is 43.5 Å². The van der Waals surface area contributed by atoms with Crippen molar-refractivity contribution >= 4 is 22.2 Å². The quantitative estimate of drug-likeness (QED) is 0.538. The fourth-order valence-electron chi connectivity index (χ4n) is 4.52. The van der Waals surface area contributed by atoms with Gasteiger partial charge in [-0.25, -0.2) is 23.7 Å². The maximum Gasteiger partial charge on any atom is 0.248 e. The molecule has 154 valence electrons. The van der Waals surface area contributed by atoms with Crippen LogP contribution < -0.4 is 5.56 Å². The Morgan fingerprint density at radius 3 is 2.77 bits per heavy atom. The first-order valence-electron chi connectivity index (χ1n) is 10.3. The molecule has 5 rings (SSSR count). The number of nitrogens with one attached hydrogen (secondary N) is 1. The van der Waals surface area contributed by atoms with Crippen molar-refractivity contribution in [3.05, 3.63) is 64.0 Å². The van der Waals surface area contributed by atoms with Crippen molar-refractivity contribution in [2.24, 2.45) is 5.92 Å². The monoisotopic (exact) mass is 409 g/mol. The summed E-state index contributed by atoms with van der Waals surface area (Å²) in [5.74, 6) is -0.495. The van der Waals surface area contributed by atoms with Gasteiger partial charge in [-0.15, -0.1) is 0 Å². The predicted octanol–water partition coefficient (Wildman–Crippen LogP) is 4.12. The van der Waals surface area contributed by atoms with E-state index in [1.807, 2.05) is 4.57 Å². The molecule has 0 atom stereocenters. The number of pyridine rings is 1. The van der Waals surface area contributed by atoms with E-state index in [0.29, 0.717) is 28.2 Å². The molecule has 0 aliphatic heterocycles. The topological polar surface area (TPSA) is 76.5 Å². The molecule has 0 radical (unpaired) electrons. The zero-order chi connectivity index (χ0) is 20.7. The number of aromatic nitrogens is 5. The number of hydrogen-bond acceptors (Lipinski definition) is 4. The van der Waals surface area contributed by atoms with Gasteiger partial charge >= 0.3 is 0 Å². The summed E-state index contributed by atoms with van der Waals surface area (Å²) in [4.78, 5) is 28.0. The molecule has 1 aromatic carbocycles. The number of rotatable bonds is 5. The summed E-state index contributed by atoms with van der Waals surface area (Å²) in [7, 11) is 0. The number of nitrogens with zero attached hydrogens (tertiary/aromatic N) is 4. The molecule has 6 nitrogen and oxygen atoms in total. The Morgan fingerprint density at radius 2 is 1.93 bits per heavy atom. The van der Waals surface area contributed by atoms with Crippen LogP contribution in [0.15, 0.2) is 35.4 Å². The summed E-state index contributed by atoms with van der Waals surface area (Å²) in [5, 5.41) is 0.459. The highest BCUT2D eigenvalue weighted by molar-refractivity contribution is 5.82. The molecule has 3 aromatic heterocycles. The van der Waals surface area contributed by atoms with Gasteiger partial charge in [0.05, 0.1) is 12.1 Å². The highest BCUT2D eigenvalue weighted by Gasteiger charge is 2.19. The fourth-order valence-corrected chi connectivity index (χ4v) is 4.52. The van der Waals surface area contributed by atoms with Crippen LogP contribution in [0.5, 0.6) is 0 Å². The Balaban J connectivity index is 1.59. The molecule has 0 unspecified atom stereocenters. The van der Waals surface area contributed by atoms with Crippen molar-refractivity contribution in [2.45, 2.75) is 45.1 Å². The standard InChI is InChI=1S/C22H21F2N5O/c23-16-7-6-15-14(11-18(30)28-20(15)19(16)24)12-29-17(8-5-13-3-1-2-4-13)27-21-22(29)26-10-9-25-21/h6-7,9-11,13H,1-5,8,12H2,(H,28,30). The van der Waals surface area contributed by atoms with Crippen LogP contribution in [-0.4, -0.2) is 24.5 Å². The fraction of sp³-hybridized carbons (Fsp3) is 0.364. The van der Waals surface area contributed by atoms with Crippen molar-refractivity contribution < 1.29 is 8.78 Å². The molecule has 0 saturated heterocycles. The molecule has 4 aromatic rings. The van der Waals surface area contributed by atoms with Gasteiger partial charge in [0.15, 0.2) is 22.9 Å². The highest BCUT2D eigenvalue weighted by atomic mass is 19.2. The van der Waals surface area contributed by atoms with Gasteiger partial charge in [-0.05, 0) is 30.0 Å². The van der Waals surface area contributed by atoms with Crippen LogP contribution in [0.25, 0.3) is 22.2 Å². The minimum atomic E-state index is -1.05. The third-order valence-electron chi connectivity index (χ3n) is 6.04. The van der Waals surface area contributed by atoms with E-state index in [1.165, 1.54) is 37.8 Å². The van der Waals surface area contributed by atoms with E-state index in [4.69, 9.17) is 0 Å². The molecule has 0 bridgehead atoms. The highest BCUT2D eigenvalue weighted by Crippen LogP contribution is 2.29. The average molecular weight is 409 g/mol.